The van der Waals surface area contributed by atoms with Crippen molar-refractivity contribution in [3.63, 3.8) is 0 Å². The molecule has 0 saturated carbocycles. The van der Waals surface area contributed by atoms with Gasteiger partial charge in [-0.05, 0) is 78.9 Å². The normalized spacial score (nSPS) is 17.4. The fourth-order valence-electron chi connectivity index (χ4n) is 5.55. The van der Waals surface area contributed by atoms with E-state index < -0.39 is 16.1 Å². The minimum Gasteiger partial charge on any atom is -0.493 e. The summed E-state index contributed by atoms with van der Waals surface area (Å²) in [5, 5.41) is 0. The van der Waals surface area contributed by atoms with Crippen LogP contribution in [0.3, 0.4) is 0 Å². The molecule has 10 heteroatoms. The van der Waals surface area contributed by atoms with E-state index in [1.54, 1.807) is 38.4 Å². The Labute approximate surface area is 241 Å². The zero-order valence-corrected chi connectivity index (χ0v) is 24.5. The van der Waals surface area contributed by atoms with Crippen LogP contribution in [0.2, 0.25) is 0 Å². The molecule has 2 aliphatic rings. The molecule has 0 N–H and O–H groups in total. The average molecular weight is 581 g/mol. The summed E-state index contributed by atoms with van der Waals surface area (Å²) in [5.41, 5.74) is 2.36. The highest BCUT2D eigenvalue weighted by molar-refractivity contribution is 7.89. The van der Waals surface area contributed by atoms with Crippen molar-refractivity contribution in [1.82, 2.24) is 9.21 Å². The van der Waals surface area contributed by atoms with E-state index in [1.165, 1.54) is 16.4 Å². The summed E-state index contributed by atoms with van der Waals surface area (Å²) in [6.45, 7) is 1.68. The van der Waals surface area contributed by atoms with Gasteiger partial charge in [0.05, 0.1) is 32.3 Å². The van der Waals surface area contributed by atoms with E-state index in [0.29, 0.717) is 54.6 Å². The molecule has 218 valence electrons. The lowest BCUT2D eigenvalue weighted by molar-refractivity contribution is 0.0587. The molecule has 5 rings (SSSR count). The molecule has 1 fully saturated rings. The summed E-state index contributed by atoms with van der Waals surface area (Å²) in [5.74, 6) is 2.15. The van der Waals surface area contributed by atoms with Crippen LogP contribution in [0.15, 0.2) is 65.6 Å². The standard InChI is InChI=1S/C31H36N2O7S/c1-37-27-9-5-6-10-28(27)40-21-26-25-20-30(39-3)29(38-2)19-23(25)15-18-33(26)31(34)22-11-13-24(14-12-22)41(35,36)32-16-7-4-8-17-32/h5-6,9-14,19-20,26H,4,7-8,15-18,21H2,1-3H3/t26-/m1/s1. The van der Waals surface area contributed by atoms with Crippen molar-refractivity contribution in [2.75, 3.05) is 47.6 Å². The number of para-hydroxylation sites is 2. The Kier molecular flexibility index (Phi) is 8.70. The number of rotatable bonds is 9. The monoisotopic (exact) mass is 580 g/mol. The smallest absolute Gasteiger partial charge is 0.254 e. The molecular formula is C31H36N2O7S. The van der Waals surface area contributed by atoms with Crippen LogP contribution >= 0.6 is 0 Å². The molecular weight excluding hydrogens is 544 g/mol. The molecule has 0 unspecified atom stereocenters. The van der Waals surface area contributed by atoms with E-state index in [0.717, 1.165) is 30.4 Å². The third kappa shape index (κ3) is 5.85. The number of ether oxygens (including phenoxy) is 4. The van der Waals surface area contributed by atoms with Crippen molar-refractivity contribution >= 4 is 15.9 Å². The number of fused-ring (bicyclic) bond motifs is 1. The van der Waals surface area contributed by atoms with E-state index in [4.69, 9.17) is 18.9 Å². The number of hydrogen-bond acceptors (Lipinski definition) is 7. The summed E-state index contributed by atoms with van der Waals surface area (Å²) in [7, 11) is 1.17. The zero-order chi connectivity index (χ0) is 29.0. The highest BCUT2D eigenvalue weighted by Crippen LogP contribution is 2.39. The first-order chi connectivity index (χ1) is 19.9. The molecule has 3 aromatic carbocycles. The van der Waals surface area contributed by atoms with Gasteiger partial charge in [0.15, 0.2) is 23.0 Å². The van der Waals surface area contributed by atoms with Crippen LogP contribution in [0.5, 0.6) is 23.0 Å². The zero-order valence-electron chi connectivity index (χ0n) is 23.7. The lowest BCUT2D eigenvalue weighted by Crippen LogP contribution is -2.42. The van der Waals surface area contributed by atoms with Gasteiger partial charge in [-0.25, -0.2) is 8.42 Å². The number of nitrogens with zero attached hydrogens (tertiary/aromatic N) is 2. The SMILES string of the molecule is COc1cc2c(cc1OC)[C@@H](COc1ccccc1OC)N(C(=O)c1ccc(S(=O)(=O)N3CCCCC3)cc1)CC2. The van der Waals surface area contributed by atoms with E-state index in [9.17, 15) is 13.2 Å². The van der Waals surface area contributed by atoms with Gasteiger partial charge in [0.2, 0.25) is 10.0 Å². The number of carbonyl (C=O) groups excluding carboxylic acids is 1. The number of piperidine rings is 1. The van der Waals surface area contributed by atoms with Gasteiger partial charge in [0, 0.05) is 25.2 Å². The van der Waals surface area contributed by atoms with Gasteiger partial charge < -0.3 is 23.8 Å². The van der Waals surface area contributed by atoms with Crippen LogP contribution in [-0.4, -0.2) is 71.1 Å². The first-order valence-electron chi connectivity index (χ1n) is 13.8. The van der Waals surface area contributed by atoms with Crippen molar-refractivity contribution in [3.8, 4) is 23.0 Å². The maximum Gasteiger partial charge on any atom is 0.254 e. The van der Waals surface area contributed by atoms with Crippen LogP contribution in [0.25, 0.3) is 0 Å². The molecule has 2 heterocycles. The largest absolute Gasteiger partial charge is 0.493 e. The molecule has 2 aliphatic heterocycles. The molecule has 1 atom stereocenters. The lowest BCUT2D eigenvalue weighted by atomic mass is 9.91. The maximum atomic E-state index is 13.9. The third-order valence-electron chi connectivity index (χ3n) is 7.78. The molecule has 41 heavy (non-hydrogen) atoms. The molecule has 0 aliphatic carbocycles. The fraction of sp³-hybridized carbons (Fsp3) is 0.387. The predicted molar refractivity (Wildman–Crippen MR) is 155 cm³/mol. The number of benzene rings is 3. The van der Waals surface area contributed by atoms with Crippen molar-refractivity contribution in [3.05, 3.63) is 77.4 Å². The Balaban J connectivity index is 1.45. The molecule has 0 bridgehead atoms. The third-order valence-corrected chi connectivity index (χ3v) is 9.70. The fourth-order valence-corrected chi connectivity index (χ4v) is 7.06. The van der Waals surface area contributed by atoms with Crippen molar-refractivity contribution < 1.29 is 32.2 Å². The van der Waals surface area contributed by atoms with E-state index in [1.807, 2.05) is 36.4 Å². The van der Waals surface area contributed by atoms with Gasteiger partial charge >= 0.3 is 0 Å². The van der Waals surface area contributed by atoms with Crippen molar-refractivity contribution in [2.45, 2.75) is 36.6 Å². The highest BCUT2D eigenvalue weighted by atomic mass is 32.2. The van der Waals surface area contributed by atoms with Gasteiger partial charge in [0.1, 0.15) is 6.61 Å². The number of hydrogen-bond donors (Lipinski definition) is 0. The minimum atomic E-state index is -3.59. The van der Waals surface area contributed by atoms with E-state index in [-0.39, 0.29) is 17.4 Å². The summed E-state index contributed by atoms with van der Waals surface area (Å²) in [6.07, 6.45) is 3.38. The molecule has 1 amide bonds. The van der Waals surface area contributed by atoms with Crippen LogP contribution < -0.4 is 18.9 Å². The van der Waals surface area contributed by atoms with Gasteiger partial charge in [-0.3, -0.25) is 4.79 Å². The quantitative estimate of drug-likeness (QED) is 0.362. The van der Waals surface area contributed by atoms with Gasteiger partial charge in [-0.1, -0.05) is 18.6 Å². The highest BCUT2D eigenvalue weighted by Gasteiger charge is 2.34. The van der Waals surface area contributed by atoms with Crippen molar-refractivity contribution in [1.29, 1.82) is 0 Å². The maximum absolute atomic E-state index is 13.9. The predicted octanol–water partition coefficient (Wildman–Crippen LogP) is 4.71. The number of amides is 1. The summed E-state index contributed by atoms with van der Waals surface area (Å²) >= 11 is 0. The van der Waals surface area contributed by atoms with Gasteiger partial charge in [-0.15, -0.1) is 0 Å². The molecule has 0 spiro atoms. The topological polar surface area (TPSA) is 94.6 Å². The molecule has 0 radical (unpaired) electrons. The second-order valence-electron chi connectivity index (χ2n) is 10.1. The Morgan fingerprint density at radius 1 is 0.805 bits per heavy atom. The molecule has 0 aromatic heterocycles. The van der Waals surface area contributed by atoms with Crippen LogP contribution in [0.1, 0.15) is 46.8 Å². The first kappa shape index (κ1) is 28.8. The van der Waals surface area contributed by atoms with Crippen LogP contribution in [0.4, 0.5) is 0 Å². The van der Waals surface area contributed by atoms with E-state index >= 15 is 0 Å². The van der Waals surface area contributed by atoms with Crippen molar-refractivity contribution in [2.24, 2.45) is 0 Å². The Morgan fingerprint density at radius 3 is 2.10 bits per heavy atom. The summed E-state index contributed by atoms with van der Waals surface area (Å²) in [4.78, 5) is 15.9. The minimum absolute atomic E-state index is 0.177. The molecule has 9 nitrogen and oxygen atoms in total. The average Bonchev–Trinajstić information content (AvgIpc) is 3.03. The number of sulfonamides is 1. The Morgan fingerprint density at radius 2 is 1.44 bits per heavy atom. The first-order valence-corrected chi connectivity index (χ1v) is 15.2. The number of carbonyl (C=O) groups is 1. The van der Waals surface area contributed by atoms with Gasteiger partial charge in [-0.2, -0.15) is 4.31 Å². The van der Waals surface area contributed by atoms with Crippen LogP contribution in [-0.2, 0) is 16.4 Å². The second-order valence-corrected chi connectivity index (χ2v) is 12.1. The molecule has 1 saturated heterocycles. The second kappa shape index (κ2) is 12.4. The Bertz CT molecular complexity index is 1480. The van der Waals surface area contributed by atoms with E-state index in [2.05, 4.69) is 0 Å². The molecule has 3 aromatic rings. The summed E-state index contributed by atoms with van der Waals surface area (Å²) < 4.78 is 50.6. The van der Waals surface area contributed by atoms with Gasteiger partial charge in [0.25, 0.3) is 5.91 Å². The summed E-state index contributed by atoms with van der Waals surface area (Å²) in [6, 6.07) is 17.0. The lowest BCUT2D eigenvalue weighted by Gasteiger charge is -2.37. The Hall–Kier alpha value is -3.76. The number of methoxy groups -OCH3 is 3. The van der Waals surface area contributed by atoms with Crippen LogP contribution in [0, 0.1) is 0 Å².